The van der Waals surface area contributed by atoms with Gasteiger partial charge < -0.3 is 14.8 Å². The summed E-state index contributed by atoms with van der Waals surface area (Å²) in [5.74, 6) is 1.55. The maximum Gasteiger partial charge on any atom is 0.251 e. The number of amides is 1. The van der Waals surface area contributed by atoms with E-state index >= 15 is 0 Å². The first-order valence-corrected chi connectivity index (χ1v) is 10.4. The van der Waals surface area contributed by atoms with Gasteiger partial charge in [0.2, 0.25) is 5.91 Å². The molecule has 162 valence electrons. The average molecular weight is 442 g/mol. The monoisotopic (exact) mass is 441 g/mol. The molecule has 8 nitrogen and oxygen atoms in total. The van der Waals surface area contributed by atoms with Crippen LogP contribution in [0.25, 0.3) is 5.95 Å². The Kier molecular flexibility index (Phi) is 5.82. The van der Waals surface area contributed by atoms with E-state index in [1.54, 1.807) is 10.7 Å². The van der Waals surface area contributed by atoms with Crippen LogP contribution >= 0.6 is 11.6 Å². The summed E-state index contributed by atoms with van der Waals surface area (Å²) in [6.07, 6.45) is 0.209. The molecular formula is C22H24ClN5O3. The first-order valence-electron chi connectivity index (χ1n) is 10.0. The van der Waals surface area contributed by atoms with E-state index in [0.29, 0.717) is 42.2 Å². The second-order valence-corrected chi connectivity index (χ2v) is 7.97. The molecule has 0 radical (unpaired) electrons. The van der Waals surface area contributed by atoms with Crippen molar-refractivity contribution < 1.29 is 14.3 Å². The molecule has 31 heavy (non-hydrogen) atoms. The van der Waals surface area contributed by atoms with Crippen molar-refractivity contribution in [3.63, 3.8) is 0 Å². The first-order chi connectivity index (χ1) is 14.8. The van der Waals surface area contributed by atoms with Gasteiger partial charge in [-0.1, -0.05) is 11.6 Å². The summed E-state index contributed by atoms with van der Waals surface area (Å²) in [6.45, 7) is 8.93. The molecule has 0 aliphatic carbocycles. The van der Waals surface area contributed by atoms with Gasteiger partial charge in [-0.3, -0.25) is 4.79 Å². The van der Waals surface area contributed by atoms with Gasteiger partial charge in [-0.05, 0) is 51.5 Å². The Morgan fingerprint density at radius 1 is 1.10 bits per heavy atom. The lowest BCUT2D eigenvalue weighted by Gasteiger charge is -2.20. The van der Waals surface area contributed by atoms with Crippen LogP contribution < -0.4 is 14.8 Å². The average Bonchev–Trinajstić information content (AvgIpc) is 3.00. The first kappa shape index (κ1) is 21.1. The number of ether oxygens (including phenoxy) is 2. The van der Waals surface area contributed by atoms with Crippen LogP contribution in [0.5, 0.6) is 11.5 Å². The van der Waals surface area contributed by atoms with Crippen molar-refractivity contribution in [3.8, 4) is 17.4 Å². The number of carbonyl (C=O) groups excluding carboxylic acids is 1. The topological polar surface area (TPSA) is 91.2 Å². The number of benzene rings is 1. The smallest absolute Gasteiger partial charge is 0.251 e. The Morgan fingerprint density at radius 2 is 1.81 bits per heavy atom. The SMILES string of the molecule is Cc1cc(C)nc(-n2nc(C)c(CC(=O)NCc3cc(Cl)c4c(c3)OCCO4)c2C)n1. The lowest BCUT2D eigenvalue weighted by molar-refractivity contribution is -0.120. The van der Waals surface area contributed by atoms with Crippen LogP contribution in [0.15, 0.2) is 18.2 Å². The second-order valence-electron chi connectivity index (χ2n) is 7.57. The van der Waals surface area contributed by atoms with Crippen molar-refractivity contribution in [1.82, 2.24) is 25.1 Å². The van der Waals surface area contributed by atoms with Crippen molar-refractivity contribution in [3.05, 3.63) is 57.1 Å². The molecule has 0 fully saturated rings. The number of fused-ring (bicyclic) bond motifs is 1. The van der Waals surface area contributed by atoms with Gasteiger partial charge in [0.05, 0.1) is 17.1 Å². The summed E-state index contributed by atoms with van der Waals surface area (Å²) >= 11 is 6.28. The highest BCUT2D eigenvalue weighted by molar-refractivity contribution is 6.32. The fraction of sp³-hybridized carbons (Fsp3) is 0.364. The number of hydrogen-bond acceptors (Lipinski definition) is 6. The summed E-state index contributed by atoms with van der Waals surface area (Å²) in [5.41, 5.74) is 5.06. The van der Waals surface area contributed by atoms with E-state index < -0.39 is 0 Å². The van der Waals surface area contributed by atoms with Gasteiger partial charge in [0.1, 0.15) is 13.2 Å². The molecule has 0 unspecified atom stereocenters. The largest absolute Gasteiger partial charge is 0.486 e. The number of nitrogens with zero attached hydrogens (tertiary/aromatic N) is 4. The Hall–Kier alpha value is -3.13. The third-order valence-corrected chi connectivity index (χ3v) is 5.37. The molecule has 4 rings (SSSR count). The lowest BCUT2D eigenvalue weighted by Crippen LogP contribution is -2.25. The van der Waals surface area contributed by atoms with Gasteiger partial charge >= 0.3 is 0 Å². The zero-order valence-corrected chi connectivity index (χ0v) is 18.7. The molecule has 1 amide bonds. The van der Waals surface area contributed by atoms with Crippen LogP contribution in [0.3, 0.4) is 0 Å². The molecule has 1 aromatic carbocycles. The van der Waals surface area contributed by atoms with Crippen LogP contribution in [-0.2, 0) is 17.8 Å². The molecule has 0 atom stereocenters. The van der Waals surface area contributed by atoms with Gasteiger partial charge in [-0.2, -0.15) is 5.10 Å². The van der Waals surface area contributed by atoms with Gasteiger partial charge in [0, 0.05) is 29.2 Å². The molecule has 3 heterocycles. The van der Waals surface area contributed by atoms with Gasteiger partial charge in [-0.15, -0.1) is 0 Å². The zero-order valence-electron chi connectivity index (χ0n) is 18.0. The summed E-state index contributed by atoms with van der Waals surface area (Å²) in [5, 5.41) is 7.97. The van der Waals surface area contributed by atoms with Gasteiger partial charge in [0.25, 0.3) is 5.95 Å². The second kappa shape index (κ2) is 8.55. The molecule has 0 spiro atoms. The van der Waals surface area contributed by atoms with Crippen LogP contribution in [0, 0.1) is 27.7 Å². The minimum absolute atomic E-state index is 0.113. The Labute approximate surface area is 185 Å². The summed E-state index contributed by atoms with van der Waals surface area (Å²) in [7, 11) is 0. The molecule has 3 aromatic rings. The molecule has 9 heteroatoms. The predicted octanol–water partition coefficient (Wildman–Crippen LogP) is 3.18. The number of aryl methyl sites for hydroxylation is 3. The number of aromatic nitrogens is 4. The minimum atomic E-state index is -0.113. The van der Waals surface area contributed by atoms with E-state index in [1.165, 1.54) is 0 Å². The highest BCUT2D eigenvalue weighted by Gasteiger charge is 2.19. The van der Waals surface area contributed by atoms with E-state index in [-0.39, 0.29) is 12.3 Å². The number of nitrogens with one attached hydrogen (secondary N) is 1. The Bertz CT molecular complexity index is 1140. The lowest BCUT2D eigenvalue weighted by atomic mass is 10.1. The van der Waals surface area contributed by atoms with E-state index in [1.807, 2.05) is 39.8 Å². The van der Waals surface area contributed by atoms with E-state index in [2.05, 4.69) is 20.4 Å². The van der Waals surface area contributed by atoms with Crippen molar-refractivity contribution in [2.45, 2.75) is 40.7 Å². The third-order valence-electron chi connectivity index (χ3n) is 5.08. The molecule has 2 aromatic heterocycles. The van der Waals surface area contributed by atoms with Crippen LogP contribution in [-0.4, -0.2) is 38.9 Å². The molecule has 0 saturated heterocycles. The number of rotatable bonds is 5. The normalized spacial score (nSPS) is 12.7. The molecule has 0 bridgehead atoms. The predicted molar refractivity (Wildman–Crippen MR) is 116 cm³/mol. The summed E-state index contributed by atoms with van der Waals surface area (Å²) in [4.78, 5) is 21.6. The fourth-order valence-corrected chi connectivity index (χ4v) is 3.91. The number of hydrogen-bond donors (Lipinski definition) is 1. The van der Waals surface area contributed by atoms with Crippen molar-refractivity contribution >= 4 is 17.5 Å². The maximum absolute atomic E-state index is 12.6. The molecule has 1 aliphatic heterocycles. The van der Waals surface area contributed by atoms with Crippen LogP contribution in [0.4, 0.5) is 0 Å². The van der Waals surface area contributed by atoms with Crippen molar-refractivity contribution in [2.24, 2.45) is 0 Å². The summed E-state index contributed by atoms with van der Waals surface area (Å²) < 4.78 is 12.8. The molecule has 0 saturated carbocycles. The minimum Gasteiger partial charge on any atom is -0.486 e. The highest BCUT2D eigenvalue weighted by atomic mass is 35.5. The third kappa shape index (κ3) is 4.49. The van der Waals surface area contributed by atoms with Crippen LogP contribution in [0.2, 0.25) is 5.02 Å². The Balaban J connectivity index is 1.47. The fourth-order valence-electron chi connectivity index (χ4n) is 3.62. The highest BCUT2D eigenvalue weighted by Crippen LogP contribution is 2.38. The number of carbonyl (C=O) groups is 1. The zero-order chi connectivity index (χ0) is 22.1. The Morgan fingerprint density at radius 3 is 2.55 bits per heavy atom. The summed E-state index contributed by atoms with van der Waals surface area (Å²) in [6, 6.07) is 5.53. The molecule has 1 aliphatic rings. The standard InChI is InChI=1S/C22H24ClN5O3/c1-12-7-13(2)26-22(25-12)28-15(4)17(14(3)27-28)10-20(29)24-11-16-8-18(23)21-19(9-16)30-5-6-31-21/h7-9H,5-6,10-11H2,1-4H3,(H,24,29). The quantitative estimate of drug-likeness (QED) is 0.653. The van der Waals surface area contributed by atoms with Crippen molar-refractivity contribution in [1.29, 1.82) is 0 Å². The van der Waals surface area contributed by atoms with E-state index in [0.717, 1.165) is 33.9 Å². The van der Waals surface area contributed by atoms with Gasteiger partial charge in [-0.25, -0.2) is 14.6 Å². The van der Waals surface area contributed by atoms with E-state index in [9.17, 15) is 4.79 Å². The van der Waals surface area contributed by atoms with E-state index in [4.69, 9.17) is 21.1 Å². The van der Waals surface area contributed by atoms with Gasteiger partial charge in [0.15, 0.2) is 11.5 Å². The number of halogens is 1. The van der Waals surface area contributed by atoms with Crippen molar-refractivity contribution in [2.75, 3.05) is 13.2 Å². The van der Waals surface area contributed by atoms with Crippen LogP contribution in [0.1, 0.15) is 33.9 Å². The molecule has 1 N–H and O–H groups in total. The maximum atomic E-state index is 12.6. The molecular weight excluding hydrogens is 418 g/mol.